The summed E-state index contributed by atoms with van der Waals surface area (Å²) in [5, 5.41) is 9.22. The van der Waals surface area contributed by atoms with Gasteiger partial charge in [0.15, 0.2) is 0 Å². The molecule has 2 fully saturated rings. The lowest BCUT2D eigenvalue weighted by atomic mass is 9.98. The van der Waals surface area contributed by atoms with Gasteiger partial charge in [0, 0.05) is 8.07 Å². The Morgan fingerprint density at radius 3 is 1.69 bits per heavy atom. The first kappa shape index (κ1) is 11.3. The summed E-state index contributed by atoms with van der Waals surface area (Å²) in [4.78, 5) is 0. The predicted octanol–water partition coefficient (Wildman–Crippen LogP) is 3.12. The molecule has 0 spiro atoms. The summed E-state index contributed by atoms with van der Waals surface area (Å²) < 4.78 is 0. The van der Waals surface area contributed by atoms with Gasteiger partial charge in [-0.05, 0) is 37.5 Å². The second-order valence-corrected chi connectivity index (χ2v) is 12.2. The van der Waals surface area contributed by atoms with Gasteiger partial charge in [0.05, 0.1) is 6.10 Å². The minimum atomic E-state index is -0.611. The average molecular weight is 200 g/mol. The molecule has 0 aromatic rings. The van der Waals surface area contributed by atoms with Gasteiger partial charge in [0.25, 0.3) is 0 Å². The maximum Gasteiger partial charge on any atom is 0.0571 e. The summed E-state index contributed by atoms with van der Waals surface area (Å²) in [6, 6.07) is 0. The van der Waals surface area contributed by atoms with Gasteiger partial charge in [-0.2, -0.15) is 0 Å². The topological polar surface area (TPSA) is 20.2 Å². The van der Waals surface area contributed by atoms with Gasteiger partial charge in [0.1, 0.15) is 0 Å². The molecule has 1 N–H and O–H groups in total. The van der Waals surface area contributed by atoms with Crippen LogP contribution in [0.4, 0.5) is 0 Å². The maximum atomic E-state index is 9.22. The fourth-order valence-corrected chi connectivity index (χ4v) is 2.21. The third kappa shape index (κ3) is 4.27. The first-order chi connectivity index (χ1) is 5.86. The van der Waals surface area contributed by atoms with Gasteiger partial charge in [-0.3, -0.25) is 0 Å². The van der Waals surface area contributed by atoms with Crippen LogP contribution in [0, 0.1) is 11.8 Å². The zero-order valence-electron chi connectivity index (χ0n) is 9.51. The lowest BCUT2D eigenvalue weighted by molar-refractivity contribution is 0.113. The number of aliphatic hydroxyl groups is 1. The van der Waals surface area contributed by atoms with Crippen LogP contribution >= 0.6 is 0 Å². The summed E-state index contributed by atoms with van der Waals surface area (Å²) >= 11 is 0. The van der Waals surface area contributed by atoms with Gasteiger partial charge in [-0.1, -0.05) is 26.2 Å². The van der Waals surface area contributed by atoms with Gasteiger partial charge < -0.3 is 5.11 Å². The van der Waals surface area contributed by atoms with E-state index in [1.807, 2.05) is 0 Å². The van der Waals surface area contributed by atoms with E-state index < -0.39 is 8.07 Å². The molecular weight excluding hydrogens is 176 g/mol. The minimum absolute atomic E-state index is 0.0775. The highest BCUT2D eigenvalue weighted by Gasteiger charge is 2.38. The fourth-order valence-electron chi connectivity index (χ4n) is 2.21. The Labute approximate surface area is 83.6 Å². The van der Waals surface area contributed by atoms with Gasteiger partial charge in [-0.25, -0.2) is 0 Å². The monoisotopic (exact) mass is 200 g/mol. The SMILES string of the molecule is C[Si](C)(C)C.OC1CC2CCC1C2. The van der Waals surface area contributed by atoms with Crippen molar-refractivity contribution in [1.82, 2.24) is 0 Å². The lowest BCUT2D eigenvalue weighted by Gasteiger charge is -2.14. The van der Waals surface area contributed by atoms with Crippen LogP contribution in [0.3, 0.4) is 0 Å². The molecule has 2 bridgehead atoms. The predicted molar refractivity (Wildman–Crippen MR) is 60.7 cm³/mol. The van der Waals surface area contributed by atoms with Crippen molar-refractivity contribution in [2.45, 2.75) is 58.0 Å². The van der Waals surface area contributed by atoms with E-state index in [2.05, 4.69) is 26.2 Å². The molecule has 3 atom stereocenters. The van der Waals surface area contributed by atoms with Crippen molar-refractivity contribution < 1.29 is 5.11 Å². The van der Waals surface area contributed by atoms with Crippen LogP contribution in [-0.2, 0) is 0 Å². The van der Waals surface area contributed by atoms with E-state index in [9.17, 15) is 5.11 Å². The highest BCUT2D eigenvalue weighted by molar-refractivity contribution is 6.74. The normalized spacial score (nSPS) is 37.2. The molecule has 2 rings (SSSR count). The number of hydrogen-bond donors (Lipinski definition) is 1. The van der Waals surface area contributed by atoms with E-state index in [0.29, 0.717) is 5.92 Å². The summed E-state index contributed by atoms with van der Waals surface area (Å²) in [6.45, 7) is 9.31. The Kier molecular flexibility index (Phi) is 3.58. The maximum absolute atomic E-state index is 9.22. The van der Waals surface area contributed by atoms with Crippen molar-refractivity contribution in [3.8, 4) is 0 Å². The van der Waals surface area contributed by atoms with Crippen molar-refractivity contribution in [3.63, 3.8) is 0 Å². The molecule has 0 amide bonds. The number of fused-ring (bicyclic) bond motifs is 2. The molecule has 0 aliphatic heterocycles. The highest BCUT2D eigenvalue weighted by atomic mass is 28.3. The van der Waals surface area contributed by atoms with Crippen LogP contribution in [0.5, 0.6) is 0 Å². The van der Waals surface area contributed by atoms with Gasteiger partial charge >= 0.3 is 0 Å². The summed E-state index contributed by atoms with van der Waals surface area (Å²) in [5.41, 5.74) is 0. The summed E-state index contributed by atoms with van der Waals surface area (Å²) in [5.74, 6) is 1.59. The third-order valence-electron chi connectivity index (χ3n) is 2.70. The Morgan fingerprint density at radius 2 is 1.54 bits per heavy atom. The first-order valence-corrected chi connectivity index (χ1v) is 9.54. The molecule has 0 aromatic carbocycles. The molecule has 13 heavy (non-hydrogen) atoms. The molecule has 2 aliphatic rings. The molecule has 2 heteroatoms. The van der Waals surface area contributed by atoms with Crippen molar-refractivity contribution in [3.05, 3.63) is 0 Å². The zero-order valence-corrected chi connectivity index (χ0v) is 10.5. The molecule has 78 valence electrons. The van der Waals surface area contributed by atoms with Crippen molar-refractivity contribution in [2.24, 2.45) is 11.8 Å². The number of hydrogen-bond acceptors (Lipinski definition) is 1. The number of rotatable bonds is 0. The highest BCUT2D eigenvalue weighted by Crippen LogP contribution is 2.44. The summed E-state index contributed by atoms with van der Waals surface area (Å²) in [7, 11) is -0.611. The largest absolute Gasteiger partial charge is 0.393 e. The molecule has 1 nitrogen and oxygen atoms in total. The van der Waals surface area contributed by atoms with Gasteiger partial charge in [-0.15, -0.1) is 0 Å². The standard InChI is InChI=1S/C7H12O.C4H12Si/c8-7-4-5-1-2-6(7)3-5;1-5(2,3)4/h5-8H,1-4H2;1-4H3. The molecular formula is C11H24OSi. The van der Waals surface area contributed by atoms with E-state index in [-0.39, 0.29) is 6.10 Å². The average Bonchev–Trinajstić information content (AvgIpc) is 2.41. The molecule has 3 unspecified atom stereocenters. The van der Waals surface area contributed by atoms with Gasteiger partial charge in [0.2, 0.25) is 0 Å². The second kappa shape index (κ2) is 4.14. The van der Waals surface area contributed by atoms with Crippen LogP contribution < -0.4 is 0 Å². The first-order valence-electron chi connectivity index (χ1n) is 5.54. The smallest absolute Gasteiger partial charge is 0.0571 e. The molecule has 0 heterocycles. The minimum Gasteiger partial charge on any atom is -0.393 e. The fraction of sp³-hybridized carbons (Fsp3) is 1.00. The van der Waals surface area contributed by atoms with Crippen molar-refractivity contribution >= 4 is 8.07 Å². The van der Waals surface area contributed by atoms with Crippen molar-refractivity contribution in [1.29, 1.82) is 0 Å². The molecule has 0 saturated heterocycles. The molecule has 0 radical (unpaired) electrons. The number of aliphatic hydroxyl groups excluding tert-OH is 1. The Morgan fingerprint density at radius 1 is 1.00 bits per heavy atom. The van der Waals surface area contributed by atoms with Crippen LogP contribution in [0.25, 0.3) is 0 Å². The Hall–Kier alpha value is 0.177. The molecule has 0 aromatic heterocycles. The van der Waals surface area contributed by atoms with E-state index >= 15 is 0 Å². The Bertz CT molecular complexity index is 154. The van der Waals surface area contributed by atoms with Crippen LogP contribution in [0.15, 0.2) is 0 Å². The molecule has 2 aliphatic carbocycles. The van der Waals surface area contributed by atoms with Crippen molar-refractivity contribution in [2.75, 3.05) is 0 Å². The van der Waals surface area contributed by atoms with Crippen LogP contribution in [-0.4, -0.2) is 19.3 Å². The van der Waals surface area contributed by atoms with Crippen LogP contribution in [0.1, 0.15) is 25.7 Å². The zero-order chi connectivity index (χ0) is 10.1. The van der Waals surface area contributed by atoms with Crippen LogP contribution in [0.2, 0.25) is 26.2 Å². The van der Waals surface area contributed by atoms with E-state index in [0.717, 1.165) is 12.3 Å². The molecule has 2 saturated carbocycles. The third-order valence-corrected chi connectivity index (χ3v) is 2.70. The van der Waals surface area contributed by atoms with E-state index in [4.69, 9.17) is 0 Å². The summed E-state index contributed by atoms with van der Waals surface area (Å²) in [6.07, 6.45) is 5.19. The van der Waals surface area contributed by atoms with E-state index in [1.54, 1.807) is 0 Å². The quantitative estimate of drug-likeness (QED) is 0.596. The Balaban J connectivity index is 0.000000149. The van der Waals surface area contributed by atoms with E-state index in [1.165, 1.54) is 19.3 Å². The lowest BCUT2D eigenvalue weighted by Crippen LogP contribution is -2.14. The second-order valence-electron chi connectivity index (χ2n) is 6.24.